The van der Waals surface area contributed by atoms with Crippen LogP contribution >= 0.6 is 0 Å². The van der Waals surface area contributed by atoms with Crippen molar-refractivity contribution in [1.82, 2.24) is 10.6 Å². The van der Waals surface area contributed by atoms with Gasteiger partial charge in [-0.15, -0.1) is 0 Å². The van der Waals surface area contributed by atoms with Gasteiger partial charge >= 0.3 is 6.03 Å². The van der Waals surface area contributed by atoms with Crippen LogP contribution in [0.3, 0.4) is 0 Å². The van der Waals surface area contributed by atoms with Crippen LogP contribution in [0, 0.1) is 5.82 Å². The van der Waals surface area contributed by atoms with Crippen LogP contribution in [-0.4, -0.2) is 31.1 Å². The van der Waals surface area contributed by atoms with Crippen molar-refractivity contribution >= 4 is 17.6 Å². The van der Waals surface area contributed by atoms with Crippen molar-refractivity contribution in [2.24, 2.45) is 0 Å². The number of anilines is 1. The molecule has 2 N–H and O–H groups in total. The fourth-order valence-electron chi connectivity index (χ4n) is 2.90. The van der Waals surface area contributed by atoms with Crippen molar-refractivity contribution < 1.29 is 14.0 Å². The lowest BCUT2D eigenvalue weighted by atomic mass is 10.1. The summed E-state index contributed by atoms with van der Waals surface area (Å²) in [6, 6.07) is 15.2. The Morgan fingerprint density at radius 3 is 2.72 bits per heavy atom. The SMILES string of the molecule is O=C(NCCc1ccccc1)N[C@H]1CC(=O)N(c2cccc(F)c2)C1. The van der Waals surface area contributed by atoms with Gasteiger partial charge in [0.25, 0.3) is 0 Å². The lowest BCUT2D eigenvalue weighted by molar-refractivity contribution is -0.117. The van der Waals surface area contributed by atoms with Gasteiger partial charge in [0.05, 0.1) is 6.04 Å². The van der Waals surface area contributed by atoms with Crippen molar-refractivity contribution in [1.29, 1.82) is 0 Å². The largest absolute Gasteiger partial charge is 0.338 e. The number of benzene rings is 2. The maximum Gasteiger partial charge on any atom is 0.315 e. The number of nitrogens with one attached hydrogen (secondary N) is 2. The molecule has 5 nitrogen and oxygen atoms in total. The van der Waals surface area contributed by atoms with E-state index in [0.29, 0.717) is 18.8 Å². The fourth-order valence-corrected chi connectivity index (χ4v) is 2.90. The minimum Gasteiger partial charge on any atom is -0.338 e. The van der Waals surface area contributed by atoms with E-state index in [0.717, 1.165) is 12.0 Å². The highest BCUT2D eigenvalue weighted by atomic mass is 19.1. The third-order valence-electron chi connectivity index (χ3n) is 4.12. The molecule has 0 saturated carbocycles. The third kappa shape index (κ3) is 4.56. The summed E-state index contributed by atoms with van der Waals surface area (Å²) in [5.41, 5.74) is 1.66. The van der Waals surface area contributed by atoms with Crippen LogP contribution in [0.5, 0.6) is 0 Å². The van der Waals surface area contributed by atoms with Crippen LogP contribution in [0.15, 0.2) is 54.6 Å². The molecule has 0 aliphatic carbocycles. The summed E-state index contributed by atoms with van der Waals surface area (Å²) < 4.78 is 13.3. The molecule has 2 aromatic rings. The van der Waals surface area contributed by atoms with Gasteiger partial charge in [-0.1, -0.05) is 36.4 Å². The summed E-state index contributed by atoms with van der Waals surface area (Å²) in [6.45, 7) is 0.860. The summed E-state index contributed by atoms with van der Waals surface area (Å²) in [5.74, 6) is -0.513. The molecule has 0 spiro atoms. The molecule has 1 aliphatic heterocycles. The standard InChI is InChI=1S/C19H20FN3O2/c20-15-7-4-8-17(11-15)23-13-16(12-18(23)24)22-19(25)21-10-9-14-5-2-1-3-6-14/h1-8,11,16H,9-10,12-13H2,(H2,21,22,25)/t16-/m0/s1. The molecule has 1 aliphatic rings. The molecule has 1 fully saturated rings. The van der Waals surface area contributed by atoms with Gasteiger partial charge in [0.15, 0.2) is 0 Å². The van der Waals surface area contributed by atoms with Crippen LogP contribution in [0.2, 0.25) is 0 Å². The first-order valence-electron chi connectivity index (χ1n) is 8.26. The van der Waals surface area contributed by atoms with Crippen molar-refractivity contribution in [3.05, 3.63) is 66.0 Å². The van der Waals surface area contributed by atoms with E-state index in [4.69, 9.17) is 0 Å². The Bertz CT molecular complexity index is 751. The summed E-state index contributed by atoms with van der Waals surface area (Å²) in [7, 11) is 0. The minimum absolute atomic E-state index is 0.125. The molecule has 3 amide bonds. The number of urea groups is 1. The van der Waals surface area contributed by atoms with Crippen molar-refractivity contribution in [2.45, 2.75) is 18.9 Å². The summed E-state index contributed by atoms with van der Waals surface area (Å²) in [4.78, 5) is 25.6. The van der Waals surface area contributed by atoms with E-state index in [9.17, 15) is 14.0 Å². The first-order chi connectivity index (χ1) is 12.1. The molecule has 6 heteroatoms. The molecule has 3 rings (SSSR count). The van der Waals surface area contributed by atoms with E-state index >= 15 is 0 Å². The van der Waals surface area contributed by atoms with Crippen LogP contribution in [0.25, 0.3) is 0 Å². The average molecular weight is 341 g/mol. The van der Waals surface area contributed by atoms with Gasteiger partial charge in [0.1, 0.15) is 5.82 Å². The van der Waals surface area contributed by atoms with Gasteiger partial charge in [0.2, 0.25) is 5.91 Å². The third-order valence-corrected chi connectivity index (χ3v) is 4.12. The van der Waals surface area contributed by atoms with Gasteiger partial charge in [-0.2, -0.15) is 0 Å². The van der Waals surface area contributed by atoms with E-state index in [1.165, 1.54) is 17.0 Å². The molecule has 1 saturated heterocycles. The zero-order chi connectivity index (χ0) is 17.6. The summed E-state index contributed by atoms with van der Waals surface area (Å²) in [5, 5.41) is 5.60. The molecule has 0 aromatic heterocycles. The maximum atomic E-state index is 13.3. The second-order valence-corrected chi connectivity index (χ2v) is 6.02. The van der Waals surface area contributed by atoms with Gasteiger partial charge < -0.3 is 15.5 Å². The van der Waals surface area contributed by atoms with E-state index in [1.807, 2.05) is 30.3 Å². The average Bonchev–Trinajstić information content (AvgIpc) is 2.96. The minimum atomic E-state index is -0.389. The first-order valence-corrected chi connectivity index (χ1v) is 8.26. The number of rotatable bonds is 5. The van der Waals surface area contributed by atoms with E-state index in [1.54, 1.807) is 12.1 Å². The van der Waals surface area contributed by atoms with Crippen molar-refractivity contribution in [3.63, 3.8) is 0 Å². The molecule has 130 valence electrons. The van der Waals surface area contributed by atoms with Crippen molar-refractivity contribution in [2.75, 3.05) is 18.0 Å². The predicted molar refractivity (Wildman–Crippen MR) is 93.8 cm³/mol. The lowest BCUT2D eigenvalue weighted by Gasteiger charge is -2.17. The number of carbonyl (C=O) groups excluding carboxylic acids is 2. The van der Waals surface area contributed by atoms with Crippen LogP contribution in [-0.2, 0) is 11.2 Å². The zero-order valence-corrected chi connectivity index (χ0v) is 13.7. The van der Waals surface area contributed by atoms with Crippen LogP contribution in [0.4, 0.5) is 14.9 Å². The molecular formula is C19H20FN3O2. The number of halogens is 1. The number of carbonyl (C=O) groups is 2. The molecule has 1 atom stereocenters. The normalized spacial score (nSPS) is 16.8. The Kier molecular flexibility index (Phi) is 5.28. The van der Waals surface area contributed by atoms with Gasteiger partial charge in [-0.25, -0.2) is 9.18 Å². The Morgan fingerprint density at radius 2 is 1.96 bits per heavy atom. The Morgan fingerprint density at radius 1 is 1.16 bits per heavy atom. The quantitative estimate of drug-likeness (QED) is 0.878. The molecule has 25 heavy (non-hydrogen) atoms. The molecule has 0 radical (unpaired) electrons. The monoisotopic (exact) mass is 341 g/mol. The Hall–Kier alpha value is -2.89. The first kappa shape index (κ1) is 17.0. The number of hydrogen-bond acceptors (Lipinski definition) is 2. The van der Waals surface area contributed by atoms with Crippen LogP contribution < -0.4 is 15.5 Å². The molecule has 2 aromatic carbocycles. The van der Waals surface area contributed by atoms with Gasteiger partial charge in [-0.05, 0) is 30.2 Å². The molecular weight excluding hydrogens is 321 g/mol. The van der Waals surface area contributed by atoms with E-state index in [-0.39, 0.29) is 30.2 Å². The van der Waals surface area contributed by atoms with E-state index < -0.39 is 0 Å². The number of nitrogens with zero attached hydrogens (tertiary/aromatic N) is 1. The second kappa shape index (κ2) is 7.79. The molecule has 0 bridgehead atoms. The summed E-state index contributed by atoms with van der Waals surface area (Å²) in [6.07, 6.45) is 0.954. The zero-order valence-electron chi connectivity index (χ0n) is 13.7. The number of hydrogen-bond donors (Lipinski definition) is 2. The van der Waals surface area contributed by atoms with Gasteiger partial charge in [-0.3, -0.25) is 4.79 Å². The molecule has 0 unspecified atom stereocenters. The topological polar surface area (TPSA) is 61.4 Å². The highest BCUT2D eigenvalue weighted by molar-refractivity contribution is 5.96. The predicted octanol–water partition coefficient (Wildman–Crippen LogP) is 2.47. The second-order valence-electron chi connectivity index (χ2n) is 6.02. The summed E-state index contributed by atoms with van der Waals surface area (Å²) >= 11 is 0. The molecule has 1 heterocycles. The van der Waals surface area contributed by atoms with Crippen LogP contribution in [0.1, 0.15) is 12.0 Å². The highest BCUT2D eigenvalue weighted by Gasteiger charge is 2.31. The highest BCUT2D eigenvalue weighted by Crippen LogP contribution is 2.22. The fraction of sp³-hybridized carbons (Fsp3) is 0.263. The lowest BCUT2D eigenvalue weighted by Crippen LogP contribution is -2.43. The smallest absolute Gasteiger partial charge is 0.315 e. The number of amides is 3. The van der Waals surface area contributed by atoms with Crippen molar-refractivity contribution in [3.8, 4) is 0 Å². The van der Waals surface area contributed by atoms with E-state index in [2.05, 4.69) is 10.6 Å². The maximum absolute atomic E-state index is 13.3. The Labute approximate surface area is 145 Å². The van der Waals surface area contributed by atoms with Gasteiger partial charge in [0, 0.05) is 25.2 Å². The Balaban J connectivity index is 1.47.